The van der Waals surface area contributed by atoms with Crippen molar-refractivity contribution in [1.82, 2.24) is 0 Å². The monoisotopic (exact) mass is 381 g/mol. The molecule has 0 N–H and O–H groups in total. The van der Waals surface area contributed by atoms with Crippen LogP contribution in [-0.2, 0) is 14.3 Å². The molecule has 2 aromatic carbocycles. The number of hydrogen-bond donors (Lipinski definition) is 0. The quantitative estimate of drug-likeness (QED) is 0.602. The van der Waals surface area contributed by atoms with E-state index < -0.39 is 17.7 Å². The zero-order valence-corrected chi connectivity index (χ0v) is 15.2. The molecule has 0 aromatic heterocycles. The van der Waals surface area contributed by atoms with Crippen LogP contribution in [0.1, 0.15) is 12.5 Å². The van der Waals surface area contributed by atoms with Gasteiger partial charge in [-0.2, -0.15) is 0 Å². The standard InChI is InChI=1S/C21H16FNO5/c1-12-19(21(25)26-2)16(9-13-3-8-17-18(10-13)28-11-27-17)20(24)23(12)15-6-4-14(22)5-7-15/h3-10H,11H2,1-2H3/b16-9-. The van der Waals surface area contributed by atoms with Gasteiger partial charge in [-0.1, -0.05) is 6.07 Å². The predicted molar refractivity (Wildman–Crippen MR) is 99.1 cm³/mol. The first-order chi connectivity index (χ1) is 13.5. The third-order valence-corrected chi connectivity index (χ3v) is 4.58. The molecule has 2 heterocycles. The first-order valence-corrected chi connectivity index (χ1v) is 8.50. The number of hydrogen-bond acceptors (Lipinski definition) is 5. The number of benzene rings is 2. The summed E-state index contributed by atoms with van der Waals surface area (Å²) < 4.78 is 28.8. The Kier molecular flexibility index (Phi) is 4.35. The minimum absolute atomic E-state index is 0.138. The average molecular weight is 381 g/mol. The number of fused-ring (bicyclic) bond motifs is 1. The third-order valence-electron chi connectivity index (χ3n) is 4.58. The Morgan fingerprint density at radius 2 is 1.86 bits per heavy atom. The van der Waals surface area contributed by atoms with Crippen LogP contribution < -0.4 is 14.4 Å². The minimum atomic E-state index is -0.623. The molecule has 4 rings (SSSR count). The fourth-order valence-electron chi connectivity index (χ4n) is 3.25. The van der Waals surface area contributed by atoms with E-state index in [-0.39, 0.29) is 17.9 Å². The van der Waals surface area contributed by atoms with Crippen LogP contribution >= 0.6 is 0 Å². The molecule has 2 aliphatic rings. The maximum Gasteiger partial charge on any atom is 0.340 e. The van der Waals surface area contributed by atoms with Crippen LogP contribution in [0.2, 0.25) is 0 Å². The molecule has 0 spiro atoms. The highest BCUT2D eigenvalue weighted by Crippen LogP contribution is 2.37. The van der Waals surface area contributed by atoms with Gasteiger partial charge in [-0.15, -0.1) is 0 Å². The normalized spacial score (nSPS) is 16.9. The highest BCUT2D eigenvalue weighted by atomic mass is 19.1. The number of ether oxygens (including phenoxy) is 3. The van der Waals surface area contributed by atoms with Crippen LogP contribution in [0, 0.1) is 5.82 Å². The SMILES string of the molecule is COC(=O)C1=C(C)N(c2ccc(F)cc2)C(=O)/C1=C\c1ccc2c(c1)OCO2. The van der Waals surface area contributed by atoms with Crippen molar-refractivity contribution in [2.24, 2.45) is 0 Å². The molecule has 0 unspecified atom stereocenters. The Bertz CT molecular complexity index is 1040. The number of allylic oxidation sites excluding steroid dienone is 1. The highest BCUT2D eigenvalue weighted by molar-refractivity contribution is 6.23. The van der Waals surface area contributed by atoms with Gasteiger partial charge in [0.1, 0.15) is 5.82 Å². The molecule has 142 valence electrons. The molecule has 7 heteroatoms. The van der Waals surface area contributed by atoms with E-state index in [9.17, 15) is 14.0 Å². The van der Waals surface area contributed by atoms with E-state index in [1.54, 1.807) is 31.2 Å². The fraction of sp³-hybridized carbons (Fsp3) is 0.143. The van der Waals surface area contributed by atoms with E-state index in [1.807, 2.05) is 0 Å². The molecular weight excluding hydrogens is 365 g/mol. The summed E-state index contributed by atoms with van der Waals surface area (Å²) in [6.45, 7) is 1.78. The van der Waals surface area contributed by atoms with E-state index in [4.69, 9.17) is 14.2 Å². The predicted octanol–water partition coefficient (Wildman–Crippen LogP) is 3.43. The number of methoxy groups -OCH3 is 1. The van der Waals surface area contributed by atoms with Gasteiger partial charge in [0.15, 0.2) is 11.5 Å². The fourth-order valence-corrected chi connectivity index (χ4v) is 3.25. The van der Waals surface area contributed by atoms with Gasteiger partial charge in [0.05, 0.1) is 18.3 Å². The second-order valence-corrected chi connectivity index (χ2v) is 6.24. The lowest BCUT2D eigenvalue weighted by molar-refractivity contribution is -0.136. The Hall–Kier alpha value is -3.61. The Morgan fingerprint density at radius 1 is 1.14 bits per heavy atom. The summed E-state index contributed by atoms with van der Waals surface area (Å²) in [6.07, 6.45) is 1.60. The molecule has 0 saturated heterocycles. The molecule has 0 atom stereocenters. The van der Waals surface area contributed by atoms with E-state index in [2.05, 4.69) is 0 Å². The van der Waals surface area contributed by atoms with Crippen molar-refractivity contribution >= 4 is 23.6 Å². The summed E-state index contributed by atoms with van der Waals surface area (Å²) in [4.78, 5) is 26.9. The van der Waals surface area contributed by atoms with Crippen LogP contribution in [0.5, 0.6) is 11.5 Å². The second-order valence-electron chi connectivity index (χ2n) is 6.24. The van der Waals surface area contributed by atoms with Crippen LogP contribution in [-0.4, -0.2) is 25.8 Å². The number of anilines is 1. The summed E-state index contributed by atoms with van der Waals surface area (Å²) >= 11 is 0. The van der Waals surface area contributed by atoms with Crippen LogP contribution in [0.25, 0.3) is 6.08 Å². The van der Waals surface area contributed by atoms with Gasteiger partial charge in [0.25, 0.3) is 5.91 Å². The van der Waals surface area contributed by atoms with Crippen molar-refractivity contribution in [1.29, 1.82) is 0 Å². The molecule has 0 bridgehead atoms. The molecule has 0 fully saturated rings. The summed E-state index contributed by atoms with van der Waals surface area (Å²) in [5.74, 6) is -0.255. The van der Waals surface area contributed by atoms with Crippen LogP contribution in [0.4, 0.5) is 10.1 Å². The minimum Gasteiger partial charge on any atom is -0.465 e. The van der Waals surface area contributed by atoms with Gasteiger partial charge in [-0.3, -0.25) is 9.69 Å². The van der Waals surface area contributed by atoms with Gasteiger partial charge in [0.2, 0.25) is 6.79 Å². The van der Waals surface area contributed by atoms with Crippen molar-refractivity contribution < 1.29 is 28.2 Å². The number of halogens is 1. The van der Waals surface area contributed by atoms with Crippen molar-refractivity contribution in [2.75, 3.05) is 18.8 Å². The van der Waals surface area contributed by atoms with Crippen LogP contribution in [0.3, 0.4) is 0 Å². The van der Waals surface area contributed by atoms with Crippen molar-refractivity contribution in [3.63, 3.8) is 0 Å². The second kappa shape index (κ2) is 6.84. The first-order valence-electron chi connectivity index (χ1n) is 8.50. The Labute approximate surface area is 160 Å². The van der Waals surface area contributed by atoms with Gasteiger partial charge in [0, 0.05) is 11.4 Å². The van der Waals surface area contributed by atoms with Gasteiger partial charge in [-0.05, 0) is 55.0 Å². The number of rotatable bonds is 3. The van der Waals surface area contributed by atoms with Crippen molar-refractivity contribution in [3.05, 3.63) is 70.7 Å². The summed E-state index contributed by atoms with van der Waals surface area (Å²) in [5, 5.41) is 0. The molecule has 2 aromatic rings. The summed E-state index contributed by atoms with van der Waals surface area (Å²) in [7, 11) is 1.26. The lowest BCUT2D eigenvalue weighted by atomic mass is 10.0. The first kappa shape index (κ1) is 17.8. The molecule has 0 saturated carbocycles. The summed E-state index contributed by atoms with van der Waals surface area (Å²) in [6, 6.07) is 10.7. The third kappa shape index (κ3) is 2.90. The average Bonchev–Trinajstić information content (AvgIpc) is 3.25. The number of esters is 1. The lowest BCUT2D eigenvalue weighted by Gasteiger charge is -2.17. The van der Waals surface area contributed by atoms with Crippen LogP contribution in [0.15, 0.2) is 59.3 Å². The smallest absolute Gasteiger partial charge is 0.340 e. The molecule has 6 nitrogen and oxygen atoms in total. The lowest BCUT2D eigenvalue weighted by Crippen LogP contribution is -2.24. The summed E-state index contributed by atoms with van der Waals surface area (Å²) in [5.41, 5.74) is 1.89. The molecule has 2 aliphatic heterocycles. The number of nitrogens with zero attached hydrogens (tertiary/aromatic N) is 1. The van der Waals surface area contributed by atoms with E-state index in [0.29, 0.717) is 28.4 Å². The zero-order chi connectivity index (χ0) is 19.8. The van der Waals surface area contributed by atoms with Gasteiger partial charge < -0.3 is 14.2 Å². The molecule has 1 amide bonds. The Balaban J connectivity index is 1.80. The molecule has 0 aliphatic carbocycles. The van der Waals surface area contributed by atoms with Crippen molar-refractivity contribution in [3.8, 4) is 11.5 Å². The van der Waals surface area contributed by atoms with Gasteiger partial charge in [-0.25, -0.2) is 9.18 Å². The maximum atomic E-state index is 13.3. The number of carbonyl (C=O) groups is 2. The molecular formula is C21H16FNO5. The molecule has 28 heavy (non-hydrogen) atoms. The zero-order valence-electron chi connectivity index (χ0n) is 15.2. The number of carbonyl (C=O) groups excluding carboxylic acids is 2. The van der Waals surface area contributed by atoms with E-state index in [0.717, 1.165) is 0 Å². The Morgan fingerprint density at radius 3 is 2.57 bits per heavy atom. The van der Waals surface area contributed by atoms with E-state index in [1.165, 1.54) is 36.3 Å². The van der Waals surface area contributed by atoms with Gasteiger partial charge >= 0.3 is 5.97 Å². The topological polar surface area (TPSA) is 65.1 Å². The largest absolute Gasteiger partial charge is 0.465 e. The van der Waals surface area contributed by atoms with Crippen molar-refractivity contribution in [2.45, 2.75) is 6.92 Å². The number of amides is 1. The maximum absolute atomic E-state index is 13.3. The van der Waals surface area contributed by atoms with E-state index >= 15 is 0 Å². The highest BCUT2D eigenvalue weighted by Gasteiger charge is 2.38. The molecule has 0 radical (unpaired) electrons.